The van der Waals surface area contributed by atoms with Crippen LogP contribution in [0.2, 0.25) is 0 Å². The average molecular weight is 813 g/mol. The lowest BCUT2D eigenvalue weighted by Gasteiger charge is -2.31. The molecule has 13 rings (SSSR count). The maximum Gasteiger partial charge on any atom is 0.164 e. The zero-order chi connectivity index (χ0) is 40.9. The van der Waals surface area contributed by atoms with Crippen molar-refractivity contribution in [2.45, 2.75) is 11.6 Å². The summed E-state index contributed by atoms with van der Waals surface area (Å²) in [5.74, 6) is 1.91. The highest BCUT2D eigenvalue weighted by atomic mass is 32.1. The van der Waals surface area contributed by atoms with Gasteiger partial charge in [0.05, 0.1) is 21.8 Å². The molecule has 10 aromatic rings. The van der Waals surface area contributed by atoms with Crippen molar-refractivity contribution in [3.63, 3.8) is 0 Å². The number of anilines is 4. The highest BCUT2D eigenvalue weighted by molar-refractivity contribution is 7.22. The predicted molar refractivity (Wildman–Crippen MR) is 254 cm³/mol. The average Bonchev–Trinajstić information content (AvgIpc) is 4.08. The molecule has 0 saturated heterocycles. The van der Waals surface area contributed by atoms with Gasteiger partial charge in [0.2, 0.25) is 0 Å². The number of aromatic nitrogens is 3. The number of nitrogens with zero attached hydrogens (tertiary/aromatic N) is 4. The first-order chi connectivity index (χ1) is 30.6. The Bertz CT molecular complexity index is 3360. The number of fused-ring (bicyclic) bond motifs is 13. The number of benzene rings is 8. The lowest BCUT2D eigenvalue weighted by Crippen LogP contribution is -2.26. The largest absolute Gasteiger partial charge is 0.391 e. The lowest BCUT2D eigenvalue weighted by molar-refractivity contribution is 0.789. The number of hydrogen-bond donors (Lipinski definition) is 2. The molecule has 1 spiro atoms. The fraction of sp³-hybridized carbons (Fsp3) is 0.0364. The second-order valence-electron chi connectivity index (χ2n) is 16.2. The number of rotatable bonds is 5. The molecule has 0 saturated carbocycles. The van der Waals surface area contributed by atoms with E-state index in [9.17, 15) is 0 Å². The standard InChI is InChI=1S/C55H36N6S/c56-49-32-41-48(62-49)29-28-45-50(41)40-30-35(53-59-51(33-14-4-1-5-15-33)58-52(60-53)34-16-6-2-7-17-34)24-26-44(40)55(45)42-21-11-10-20-38(42)39-31-36(25-27-43(39)55)54-57-46-22-12-13-23-47(46)61(54)37-18-8-3-9-19-37/h1-32,54,57H,56H2. The number of hydrogen-bond acceptors (Lipinski definition) is 7. The van der Waals surface area contributed by atoms with E-state index in [1.54, 1.807) is 11.3 Å². The number of para-hydroxylation sites is 3. The van der Waals surface area contributed by atoms with Gasteiger partial charge in [0.1, 0.15) is 6.17 Å². The quantitative estimate of drug-likeness (QED) is 0.180. The van der Waals surface area contributed by atoms with Gasteiger partial charge in [-0.2, -0.15) is 0 Å². The van der Waals surface area contributed by atoms with Crippen LogP contribution in [0.1, 0.15) is 34.0 Å². The van der Waals surface area contributed by atoms with Crippen LogP contribution < -0.4 is 16.0 Å². The molecule has 292 valence electrons. The maximum absolute atomic E-state index is 6.61. The molecule has 6 nitrogen and oxygen atoms in total. The van der Waals surface area contributed by atoms with E-state index in [0.717, 1.165) is 33.1 Å². The van der Waals surface area contributed by atoms with Gasteiger partial charge in [-0.25, -0.2) is 15.0 Å². The summed E-state index contributed by atoms with van der Waals surface area (Å²) in [6.45, 7) is 0. The Kier molecular flexibility index (Phi) is 7.50. The molecule has 0 amide bonds. The van der Waals surface area contributed by atoms with Crippen molar-refractivity contribution >= 4 is 43.5 Å². The van der Waals surface area contributed by atoms with Gasteiger partial charge in [0.25, 0.3) is 0 Å². The second kappa shape index (κ2) is 13.3. The van der Waals surface area contributed by atoms with Crippen molar-refractivity contribution in [1.82, 2.24) is 15.0 Å². The van der Waals surface area contributed by atoms with Crippen LogP contribution in [0.15, 0.2) is 194 Å². The van der Waals surface area contributed by atoms with E-state index in [-0.39, 0.29) is 6.17 Å². The van der Waals surface area contributed by atoms with E-state index >= 15 is 0 Å². The Labute approximate surface area is 362 Å². The molecule has 8 aromatic carbocycles. The third-order valence-electron chi connectivity index (χ3n) is 12.9. The van der Waals surface area contributed by atoms with Crippen molar-refractivity contribution in [2.75, 3.05) is 16.0 Å². The molecular formula is C55H36N6S. The van der Waals surface area contributed by atoms with Crippen molar-refractivity contribution in [3.05, 3.63) is 222 Å². The van der Waals surface area contributed by atoms with Crippen LogP contribution in [0.4, 0.5) is 22.1 Å². The number of nitrogen functional groups attached to an aromatic ring is 1. The van der Waals surface area contributed by atoms with Crippen LogP contribution in [0, 0.1) is 0 Å². The predicted octanol–water partition coefficient (Wildman–Crippen LogP) is 13.3. The van der Waals surface area contributed by atoms with E-state index in [1.807, 2.05) is 36.4 Å². The summed E-state index contributed by atoms with van der Waals surface area (Å²) in [4.78, 5) is 17.7. The van der Waals surface area contributed by atoms with E-state index in [2.05, 4.69) is 168 Å². The SMILES string of the molecule is Nc1cc2c3c(ccc2s1)C1(c2ccccc2-c2cc(C4Nc5ccccc5N4c4ccccc4)ccc21)c1ccc(-c2nc(-c4ccccc4)nc(-c4ccccc4)n2)cc1-3. The van der Waals surface area contributed by atoms with Gasteiger partial charge >= 0.3 is 0 Å². The molecule has 3 heterocycles. The topological polar surface area (TPSA) is 80.0 Å². The summed E-state index contributed by atoms with van der Waals surface area (Å²) in [6.07, 6.45) is -0.0927. The third-order valence-corrected chi connectivity index (χ3v) is 13.8. The minimum atomic E-state index is -0.562. The summed E-state index contributed by atoms with van der Waals surface area (Å²) >= 11 is 1.64. The monoisotopic (exact) mass is 812 g/mol. The summed E-state index contributed by atoms with van der Waals surface area (Å²) in [6, 6.07) is 69.3. The summed E-state index contributed by atoms with van der Waals surface area (Å²) in [5.41, 5.74) is 23.4. The zero-order valence-corrected chi connectivity index (χ0v) is 34.1. The molecule has 2 aromatic heterocycles. The number of nitrogens with two attached hydrogens (primary N) is 1. The van der Waals surface area contributed by atoms with E-state index in [1.165, 1.54) is 65.8 Å². The molecule has 2 unspecified atom stereocenters. The van der Waals surface area contributed by atoms with Gasteiger partial charge in [0.15, 0.2) is 17.5 Å². The highest BCUT2D eigenvalue weighted by Crippen LogP contribution is 2.65. The summed E-state index contributed by atoms with van der Waals surface area (Å²) < 4.78 is 1.17. The molecule has 62 heavy (non-hydrogen) atoms. The van der Waals surface area contributed by atoms with Crippen molar-refractivity contribution in [3.8, 4) is 56.4 Å². The number of thiophene rings is 1. The summed E-state index contributed by atoms with van der Waals surface area (Å²) in [5, 5.41) is 5.85. The second-order valence-corrected chi connectivity index (χ2v) is 17.3. The molecule has 1 aliphatic heterocycles. The molecule has 3 N–H and O–H groups in total. The Balaban J connectivity index is 1.03. The van der Waals surface area contributed by atoms with E-state index in [4.69, 9.17) is 20.7 Å². The van der Waals surface area contributed by atoms with Crippen LogP contribution in [0.25, 0.3) is 66.5 Å². The first kappa shape index (κ1) is 34.9. The molecule has 2 aliphatic carbocycles. The summed E-state index contributed by atoms with van der Waals surface area (Å²) in [7, 11) is 0. The number of nitrogens with one attached hydrogen (secondary N) is 1. The first-order valence-electron chi connectivity index (χ1n) is 20.9. The van der Waals surface area contributed by atoms with Crippen molar-refractivity contribution < 1.29 is 0 Å². The van der Waals surface area contributed by atoms with Crippen molar-refractivity contribution in [2.24, 2.45) is 0 Å². The Morgan fingerprint density at radius 2 is 1.10 bits per heavy atom. The Morgan fingerprint density at radius 1 is 0.500 bits per heavy atom. The minimum Gasteiger partial charge on any atom is -0.391 e. The normalized spacial score (nSPS) is 16.5. The highest BCUT2D eigenvalue weighted by Gasteiger charge is 2.52. The Hall–Kier alpha value is -7.87. The van der Waals surface area contributed by atoms with Crippen LogP contribution in [0.5, 0.6) is 0 Å². The molecule has 0 bridgehead atoms. The van der Waals surface area contributed by atoms with Gasteiger partial charge in [0, 0.05) is 32.5 Å². The fourth-order valence-electron chi connectivity index (χ4n) is 10.4. The van der Waals surface area contributed by atoms with Gasteiger partial charge in [-0.15, -0.1) is 11.3 Å². The molecule has 7 heteroatoms. The molecule has 0 fully saturated rings. The fourth-order valence-corrected chi connectivity index (χ4v) is 11.2. The van der Waals surface area contributed by atoms with Gasteiger partial charge in [-0.1, -0.05) is 146 Å². The van der Waals surface area contributed by atoms with Gasteiger partial charge < -0.3 is 16.0 Å². The zero-order valence-electron chi connectivity index (χ0n) is 33.3. The van der Waals surface area contributed by atoms with E-state index in [0.29, 0.717) is 17.5 Å². The van der Waals surface area contributed by atoms with Crippen molar-refractivity contribution in [1.29, 1.82) is 0 Å². The third kappa shape index (κ3) is 5.00. The van der Waals surface area contributed by atoms with E-state index < -0.39 is 5.41 Å². The lowest BCUT2D eigenvalue weighted by atomic mass is 9.70. The molecular weight excluding hydrogens is 777 g/mol. The molecule has 2 atom stereocenters. The smallest absolute Gasteiger partial charge is 0.164 e. The van der Waals surface area contributed by atoms with Crippen LogP contribution in [0.3, 0.4) is 0 Å². The minimum absolute atomic E-state index is 0.0927. The molecule has 3 aliphatic rings. The van der Waals surface area contributed by atoms with Gasteiger partial charge in [-0.3, -0.25) is 0 Å². The Morgan fingerprint density at radius 3 is 1.85 bits per heavy atom. The van der Waals surface area contributed by atoms with Crippen LogP contribution in [-0.4, -0.2) is 15.0 Å². The first-order valence-corrected chi connectivity index (χ1v) is 21.7. The van der Waals surface area contributed by atoms with Crippen LogP contribution in [-0.2, 0) is 5.41 Å². The molecule has 0 radical (unpaired) electrons. The van der Waals surface area contributed by atoms with Gasteiger partial charge in [-0.05, 0) is 98.6 Å². The maximum atomic E-state index is 6.61. The van der Waals surface area contributed by atoms with Crippen LogP contribution >= 0.6 is 11.3 Å².